The zero-order valence-corrected chi connectivity index (χ0v) is 20.1. The monoisotopic (exact) mass is 496 g/mol. The Balaban J connectivity index is 1.16. The molecular formula is C23H25FN8O2S. The number of piperidine rings is 1. The van der Waals surface area contributed by atoms with Crippen LogP contribution in [0.25, 0.3) is 5.69 Å². The lowest BCUT2D eigenvalue weighted by Gasteiger charge is -2.31. The van der Waals surface area contributed by atoms with E-state index in [2.05, 4.69) is 42.3 Å². The fourth-order valence-electron chi connectivity index (χ4n) is 4.15. The van der Waals surface area contributed by atoms with Crippen molar-refractivity contribution < 1.29 is 13.3 Å². The van der Waals surface area contributed by atoms with Crippen LogP contribution < -0.4 is 9.64 Å². The van der Waals surface area contributed by atoms with Crippen molar-refractivity contribution in [3.63, 3.8) is 0 Å². The summed E-state index contributed by atoms with van der Waals surface area (Å²) in [6, 6.07) is 4.45. The fraction of sp³-hybridized carbons (Fsp3) is 0.391. The molecule has 2 aliphatic rings. The van der Waals surface area contributed by atoms with Crippen molar-refractivity contribution >= 4 is 21.8 Å². The largest absolute Gasteiger partial charge is 0.484 e. The number of tetrazole rings is 1. The van der Waals surface area contributed by atoms with Gasteiger partial charge in [-0.15, -0.1) is 5.10 Å². The molecule has 3 aromatic rings. The second-order valence-corrected chi connectivity index (χ2v) is 9.67. The summed E-state index contributed by atoms with van der Waals surface area (Å²) in [6.07, 6.45) is 8.85. The maximum Gasteiger partial charge on any atom is 0.225 e. The van der Waals surface area contributed by atoms with Crippen LogP contribution in [0.2, 0.25) is 0 Å². The van der Waals surface area contributed by atoms with E-state index in [1.165, 1.54) is 23.1 Å². The van der Waals surface area contributed by atoms with E-state index < -0.39 is 16.6 Å². The Morgan fingerprint density at radius 2 is 2.00 bits per heavy atom. The van der Waals surface area contributed by atoms with E-state index in [0.29, 0.717) is 16.4 Å². The highest BCUT2D eigenvalue weighted by atomic mass is 32.2. The van der Waals surface area contributed by atoms with Gasteiger partial charge in [-0.3, -0.25) is 0 Å². The van der Waals surface area contributed by atoms with Gasteiger partial charge in [-0.25, -0.2) is 28.2 Å². The number of aliphatic imine (C=N–C) groups is 1. The molecule has 35 heavy (non-hydrogen) atoms. The van der Waals surface area contributed by atoms with Gasteiger partial charge in [0.1, 0.15) is 18.0 Å². The van der Waals surface area contributed by atoms with Gasteiger partial charge in [-0.2, -0.15) is 0 Å². The molecule has 1 atom stereocenters. The van der Waals surface area contributed by atoms with Crippen LogP contribution in [0.4, 0.5) is 10.3 Å². The van der Waals surface area contributed by atoms with Gasteiger partial charge in [0, 0.05) is 42.9 Å². The standard InChI is InChI=1S/C23H25FN8O2S/c1-2-3-16-11-25-23(26-12-16)31-8-6-17(7-9-31)22-28-18(14-35(22)33)13-34-21-5-4-19(10-20(21)24)32-15-27-29-30-32/h4-5,10-12,14-15,17H,2-3,6-9,13H2,1H3. The second kappa shape index (κ2) is 10.4. The Kier molecular flexibility index (Phi) is 6.89. The second-order valence-electron chi connectivity index (χ2n) is 8.42. The smallest absolute Gasteiger partial charge is 0.225 e. The number of nitrogens with zero attached hydrogens (tertiary/aromatic N) is 8. The van der Waals surface area contributed by atoms with Crippen LogP contribution in [0.15, 0.2) is 53.0 Å². The van der Waals surface area contributed by atoms with Gasteiger partial charge in [0.05, 0.1) is 22.2 Å². The first-order valence-corrected chi connectivity index (χ1v) is 12.7. The van der Waals surface area contributed by atoms with Gasteiger partial charge in [0.2, 0.25) is 5.95 Å². The lowest BCUT2D eigenvalue weighted by Crippen LogP contribution is -2.37. The molecule has 1 saturated heterocycles. The molecule has 0 aliphatic carbocycles. The van der Waals surface area contributed by atoms with Crippen molar-refractivity contribution in [2.24, 2.45) is 10.9 Å². The Morgan fingerprint density at radius 3 is 2.69 bits per heavy atom. The molecule has 2 aromatic heterocycles. The van der Waals surface area contributed by atoms with E-state index in [9.17, 15) is 8.60 Å². The fourth-order valence-corrected chi connectivity index (χ4v) is 5.41. The van der Waals surface area contributed by atoms with Crippen molar-refractivity contribution in [3.05, 3.63) is 59.4 Å². The van der Waals surface area contributed by atoms with E-state index in [-0.39, 0.29) is 18.3 Å². The average molecular weight is 497 g/mol. The van der Waals surface area contributed by atoms with E-state index in [0.717, 1.165) is 50.3 Å². The first-order valence-electron chi connectivity index (χ1n) is 11.5. The quantitative estimate of drug-likeness (QED) is 0.468. The van der Waals surface area contributed by atoms with Gasteiger partial charge in [0.25, 0.3) is 0 Å². The molecular weight excluding hydrogens is 471 g/mol. The van der Waals surface area contributed by atoms with Crippen molar-refractivity contribution in [1.29, 1.82) is 0 Å². The highest BCUT2D eigenvalue weighted by Crippen LogP contribution is 2.28. The number of aryl methyl sites for hydroxylation is 1. The Labute approximate surface area is 204 Å². The molecule has 0 radical (unpaired) electrons. The highest BCUT2D eigenvalue weighted by molar-refractivity contribution is 8.03. The molecule has 12 heteroatoms. The summed E-state index contributed by atoms with van der Waals surface area (Å²) in [5.41, 5.74) is 2.17. The molecule has 0 saturated carbocycles. The maximum atomic E-state index is 14.5. The lowest BCUT2D eigenvalue weighted by atomic mass is 9.98. The molecule has 0 amide bonds. The lowest BCUT2D eigenvalue weighted by molar-refractivity contribution is 0.331. The third kappa shape index (κ3) is 5.26. The zero-order valence-electron chi connectivity index (χ0n) is 19.2. The molecule has 0 N–H and O–H groups in total. The topological polar surface area (TPSA) is 111 Å². The van der Waals surface area contributed by atoms with Crippen LogP contribution in [0.1, 0.15) is 31.7 Å². The maximum absolute atomic E-state index is 14.5. The van der Waals surface area contributed by atoms with E-state index in [1.54, 1.807) is 11.5 Å². The summed E-state index contributed by atoms with van der Waals surface area (Å²) >= 11 is 0. The number of halogens is 1. The van der Waals surface area contributed by atoms with Crippen LogP contribution in [-0.2, 0) is 17.2 Å². The molecule has 0 spiro atoms. The van der Waals surface area contributed by atoms with Crippen LogP contribution in [0, 0.1) is 11.7 Å². The van der Waals surface area contributed by atoms with Crippen molar-refractivity contribution in [3.8, 4) is 11.4 Å². The number of hydrogen-bond acceptors (Lipinski definition) is 9. The first kappa shape index (κ1) is 23.2. The minimum Gasteiger partial charge on any atom is -0.484 e. The predicted molar refractivity (Wildman–Crippen MR) is 129 cm³/mol. The SMILES string of the molecule is CCCc1cnc(N2CCC(C3=NC(COc4ccc(-n5cnnn5)cc4F)=CS3=O)CC2)nc1. The van der Waals surface area contributed by atoms with Gasteiger partial charge in [-0.05, 0) is 47.4 Å². The number of aromatic nitrogens is 6. The van der Waals surface area contributed by atoms with Crippen molar-refractivity contribution in [2.75, 3.05) is 24.6 Å². The summed E-state index contributed by atoms with van der Waals surface area (Å²) < 4.78 is 34.1. The third-order valence-corrected chi connectivity index (χ3v) is 7.29. The molecule has 5 rings (SSSR count). The molecule has 182 valence electrons. The molecule has 4 heterocycles. The number of hydrogen-bond donors (Lipinski definition) is 0. The van der Waals surface area contributed by atoms with Crippen LogP contribution in [-0.4, -0.2) is 59.1 Å². The number of anilines is 1. The van der Waals surface area contributed by atoms with Crippen molar-refractivity contribution in [1.82, 2.24) is 30.2 Å². The van der Waals surface area contributed by atoms with E-state index in [1.807, 2.05) is 12.4 Å². The van der Waals surface area contributed by atoms with Crippen molar-refractivity contribution in [2.45, 2.75) is 32.6 Å². The normalized spacial score (nSPS) is 18.5. The Morgan fingerprint density at radius 1 is 1.20 bits per heavy atom. The summed E-state index contributed by atoms with van der Waals surface area (Å²) in [6.45, 7) is 3.72. The van der Waals surface area contributed by atoms with E-state index in [4.69, 9.17) is 4.74 Å². The molecule has 1 fully saturated rings. The minimum absolute atomic E-state index is 0.0349. The highest BCUT2D eigenvalue weighted by Gasteiger charge is 2.30. The molecule has 0 bridgehead atoms. The first-order chi connectivity index (χ1) is 17.1. The van der Waals surface area contributed by atoms with E-state index >= 15 is 0 Å². The number of ether oxygens (including phenoxy) is 1. The Hall–Kier alpha value is -3.54. The third-order valence-electron chi connectivity index (χ3n) is 5.96. The van der Waals surface area contributed by atoms with Crippen LogP contribution >= 0.6 is 0 Å². The van der Waals surface area contributed by atoms with Gasteiger partial charge in [-0.1, -0.05) is 13.3 Å². The molecule has 2 aliphatic heterocycles. The van der Waals surface area contributed by atoms with Crippen LogP contribution in [0.5, 0.6) is 5.75 Å². The predicted octanol–water partition coefficient (Wildman–Crippen LogP) is 2.84. The molecule has 10 nitrogen and oxygen atoms in total. The Bertz CT molecular complexity index is 1260. The van der Waals surface area contributed by atoms with Crippen LogP contribution in [0.3, 0.4) is 0 Å². The molecule has 1 unspecified atom stereocenters. The summed E-state index contributed by atoms with van der Waals surface area (Å²) in [7, 11) is -1.30. The summed E-state index contributed by atoms with van der Waals surface area (Å²) in [4.78, 5) is 15.7. The van der Waals surface area contributed by atoms with Gasteiger partial charge < -0.3 is 9.64 Å². The number of benzene rings is 1. The average Bonchev–Trinajstić information content (AvgIpc) is 3.54. The van der Waals surface area contributed by atoms with Gasteiger partial charge >= 0.3 is 0 Å². The summed E-state index contributed by atoms with van der Waals surface area (Å²) in [5.74, 6) is 0.389. The number of rotatable bonds is 8. The zero-order chi connectivity index (χ0) is 24.2. The molecule has 1 aromatic carbocycles. The minimum atomic E-state index is -1.30. The van der Waals surface area contributed by atoms with Gasteiger partial charge in [0.15, 0.2) is 11.6 Å². The summed E-state index contributed by atoms with van der Waals surface area (Å²) in [5, 5.41) is 13.1.